The zero-order valence-electron chi connectivity index (χ0n) is 12.1. The summed E-state index contributed by atoms with van der Waals surface area (Å²) in [7, 11) is 0. The van der Waals surface area contributed by atoms with Crippen LogP contribution in [-0.2, 0) is 4.79 Å². The molecule has 0 saturated carbocycles. The van der Waals surface area contributed by atoms with Gasteiger partial charge >= 0.3 is 0 Å². The number of hydrogen-bond donors (Lipinski definition) is 0. The van der Waals surface area contributed by atoms with E-state index in [1.165, 1.54) is 0 Å². The first-order chi connectivity index (χ1) is 7.86. The van der Waals surface area contributed by atoms with Crippen molar-refractivity contribution in [2.24, 2.45) is 11.8 Å². The molecule has 0 aromatic rings. The van der Waals surface area contributed by atoms with Gasteiger partial charge in [0.05, 0.1) is 0 Å². The van der Waals surface area contributed by atoms with Gasteiger partial charge in [0.25, 0.3) is 0 Å². The van der Waals surface area contributed by atoms with Gasteiger partial charge in [-0.1, -0.05) is 27.7 Å². The van der Waals surface area contributed by atoms with Crippen LogP contribution in [-0.4, -0.2) is 33.9 Å². The molecule has 2 nitrogen and oxygen atoms in total. The number of hydrogen-bond acceptors (Lipinski definition) is 2. The molecule has 1 saturated heterocycles. The van der Waals surface area contributed by atoms with Gasteiger partial charge in [-0.2, -0.15) is 11.8 Å². The lowest BCUT2D eigenvalue weighted by Gasteiger charge is -2.41. The van der Waals surface area contributed by atoms with Gasteiger partial charge < -0.3 is 4.90 Å². The van der Waals surface area contributed by atoms with Crippen LogP contribution in [0.5, 0.6) is 0 Å². The summed E-state index contributed by atoms with van der Waals surface area (Å²) < 4.78 is 0. The molecule has 0 N–H and O–H groups in total. The third-order valence-corrected chi connectivity index (χ3v) is 5.12. The Balaban J connectivity index is 3.05. The normalized spacial score (nSPS) is 27.1. The Hall–Kier alpha value is -0.180. The van der Waals surface area contributed by atoms with E-state index >= 15 is 0 Å². The molecule has 1 aliphatic heterocycles. The number of nitrogens with zero attached hydrogens (tertiary/aromatic N) is 1. The highest BCUT2D eigenvalue weighted by molar-refractivity contribution is 8.00. The minimum absolute atomic E-state index is 0.315. The van der Waals surface area contributed by atoms with Crippen molar-refractivity contribution in [2.75, 3.05) is 5.75 Å². The van der Waals surface area contributed by atoms with Crippen LogP contribution in [0.15, 0.2) is 0 Å². The van der Waals surface area contributed by atoms with E-state index in [2.05, 4.69) is 46.4 Å². The molecule has 3 heteroatoms. The number of rotatable bonds is 3. The van der Waals surface area contributed by atoms with Gasteiger partial charge in [-0.05, 0) is 25.7 Å². The van der Waals surface area contributed by atoms with Crippen LogP contribution in [0.25, 0.3) is 0 Å². The van der Waals surface area contributed by atoms with E-state index in [0.29, 0.717) is 41.5 Å². The Labute approximate surface area is 111 Å². The molecule has 100 valence electrons. The molecular weight excluding hydrogens is 230 g/mol. The fourth-order valence-corrected chi connectivity index (χ4v) is 4.35. The second-order valence-corrected chi connectivity index (χ2v) is 7.24. The van der Waals surface area contributed by atoms with Crippen molar-refractivity contribution >= 4 is 17.7 Å². The Morgan fingerprint density at radius 1 is 1.12 bits per heavy atom. The standard InChI is InChI=1S/C14H27NOS/c1-9(2)13-14(10(3)4)17-8-7-12(16)15(13)11(5)6/h9-11,13-14H,7-8H2,1-6H3. The number of carbonyl (C=O) groups is 1. The summed E-state index contributed by atoms with van der Waals surface area (Å²) in [6, 6.07) is 0.699. The molecule has 0 aromatic carbocycles. The SMILES string of the molecule is CC(C)C1SCCC(=O)N(C(C)C)C1C(C)C. The summed E-state index contributed by atoms with van der Waals surface area (Å²) in [6.45, 7) is 13.3. The molecule has 1 rings (SSSR count). The molecule has 0 bridgehead atoms. The van der Waals surface area contributed by atoms with E-state index in [1.807, 2.05) is 11.8 Å². The van der Waals surface area contributed by atoms with Crippen LogP contribution in [0.3, 0.4) is 0 Å². The minimum atomic E-state index is 0.315. The lowest BCUT2D eigenvalue weighted by atomic mass is 9.91. The maximum absolute atomic E-state index is 12.3. The van der Waals surface area contributed by atoms with Crippen molar-refractivity contribution in [1.82, 2.24) is 4.90 Å². The third-order valence-electron chi connectivity index (χ3n) is 3.47. The Morgan fingerprint density at radius 3 is 2.12 bits per heavy atom. The largest absolute Gasteiger partial charge is 0.336 e. The second kappa shape index (κ2) is 6.12. The van der Waals surface area contributed by atoms with E-state index < -0.39 is 0 Å². The molecule has 0 radical (unpaired) electrons. The van der Waals surface area contributed by atoms with Crippen molar-refractivity contribution in [1.29, 1.82) is 0 Å². The summed E-state index contributed by atoms with van der Waals surface area (Å²) in [5.74, 6) is 2.47. The van der Waals surface area contributed by atoms with Gasteiger partial charge in [0.2, 0.25) is 5.91 Å². The molecule has 0 spiro atoms. The van der Waals surface area contributed by atoms with Gasteiger partial charge in [0.15, 0.2) is 0 Å². The predicted molar refractivity (Wildman–Crippen MR) is 76.3 cm³/mol. The van der Waals surface area contributed by atoms with Crippen LogP contribution in [0.2, 0.25) is 0 Å². The van der Waals surface area contributed by atoms with Gasteiger partial charge in [0.1, 0.15) is 0 Å². The fraction of sp³-hybridized carbons (Fsp3) is 0.929. The molecule has 0 aromatic heterocycles. The molecule has 1 fully saturated rings. The van der Waals surface area contributed by atoms with Crippen LogP contribution in [0.4, 0.5) is 0 Å². The smallest absolute Gasteiger partial charge is 0.223 e. The van der Waals surface area contributed by atoms with Crippen molar-refractivity contribution in [2.45, 2.75) is 65.3 Å². The van der Waals surface area contributed by atoms with Crippen LogP contribution >= 0.6 is 11.8 Å². The first-order valence-corrected chi connectivity index (χ1v) is 7.83. The maximum atomic E-state index is 12.3. The van der Waals surface area contributed by atoms with E-state index in [-0.39, 0.29) is 0 Å². The van der Waals surface area contributed by atoms with Gasteiger partial charge in [-0.15, -0.1) is 0 Å². The highest BCUT2D eigenvalue weighted by atomic mass is 32.2. The average Bonchev–Trinajstić information content (AvgIpc) is 2.36. The summed E-state index contributed by atoms with van der Waals surface area (Å²) >= 11 is 1.99. The summed E-state index contributed by atoms with van der Waals surface area (Å²) in [6.07, 6.45) is 0.704. The molecular formula is C14H27NOS. The van der Waals surface area contributed by atoms with E-state index in [1.54, 1.807) is 0 Å². The van der Waals surface area contributed by atoms with E-state index in [0.717, 1.165) is 5.75 Å². The molecule has 2 unspecified atom stereocenters. The molecule has 0 aliphatic carbocycles. The minimum Gasteiger partial charge on any atom is -0.336 e. The second-order valence-electron chi connectivity index (χ2n) is 5.96. The van der Waals surface area contributed by atoms with E-state index in [4.69, 9.17) is 0 Å². The van der Waals surface area contributed by atoms with Crippen LogP contribution in [0, 0.1) is 11.8 Å². The summed E-state index contributed by atoms with van der Waals surface area (Å²) in [4.78, 5) is 14.4. The first-order valence-electron chi connectivity index (χ1n) is 6.79. The Bertz CT molecular complexity index is 263. The maximum Gasteiger partial charge on any atom is 0.223 e. The molecule has 1 aliphatic rings. The number of amides is 1. The topological polar surface area (TPSA) is 20.3 Å². The zero-order valence-corrected chi connectivity index (χ0v) is 12.9. The van der Waals surface area contributed by atoms with Gasteiger partial charge in [-0.25, -0.2) is 0 Å². The Kier molecular flexibility index (Phi) is 5.36. The number of thioether (sulfide) groups is 1. The molecule has 1 amide bonds. The average molecular weight is 257 g/mol. The number of carbonyl (C=O) groups excluding carboxylic acids is 1. The van der Waals surface area contributed by atoms with Crippen LogP contribution < -0.4 is 0 Å². The van der Waals surface area contributed by atoms with Crippen molar-refractivity contribution in [3.05, 3.63) is 0 Å². The molecule has 17 heavy (non-hydrogen) atoms. The quantitative estimate of drug-likeness (QED) is 0.772. The van der Waals surface area contributed by atoms with Crippen LogP contribution in [0.1, 0.15) is 48.0 Å². The monoisotopic (exact) mass is 257 g/mol. The predicted octanol–water partition coefficient (Wildman–Crippen LogP) is 3.41. The third kappa shape index (κ3) is 3.40. The Morgan fingerprint density at radius 2 is 1.71 bits per heavy atom. The first kappa shape index (κ1) is 14.9. The van der Waals surface area contributed by atoms with Crippen molar-refractivity contribution in [3.8, 4) is 0 Å². The van der Waals surface area contributed by atoms with Gasteiger partial charge in [0, 0.05) is 29.5 Å². The van der Waals surface area contributed by atoms with Gasteiger partial charge in [-0.3, -0.25) is 4.79 Å². The highest BCUT2D eigenvalue weighted by Gasteiger charge is 2.38. The van der Waals surface area contributed by atoms with E-state index in [9.17, 15) is 4.79 Å². The zero-order chi connectivity index (χ0) is 13.2. The lowest BCUT2D eigenvalue weighted by Crippen LogP contribution is -2.52. The summed E-state index contributed by atoms with van der Waals surface area (Å²) in [5, 5.41) is 0.573. The summed E-state index contributed by atoms with van der Waals surface area (Å²) in [5.41, 5.74) is 0. The molecule has 1 heterocycles. The lowest BCUT2D eigenvalue weighted by molar-refractivity contribution is -0.136. The van der Waals surface area contributed by atoms with Crippen molar-refractivity contribution in [3.63, 3.8) is 0 Å². The highest BCUT2D eigenvalue weighted by Crippen LogP contribution is 2.34. The fourth-order valence-electron chi connectivity index (χ4n) is 2.75. The van der Waals surface area contributed by atoms with Crippen molar-refractivity contribution < 1.29 is 4.79 Å². The molecule has 2 atom stereocenters.